The van der Waals surface area contributed by atoms with Crippen LogP contribution in [0.4, 0.5) is 11.6 Å². The van der Waals surface area contributed by atoms with Crippen molar-refractivity contribution in [2.24, 2.45) is 0 Å². The number of rotatable bonds is 2. The van der Waals surface area contributed by atoms with Crippen molar-refractivity contribution in [2.45, 2.75) is 26.2 Å². The average molecular weight is 349 g/mol. The lowest BCUT2D eigenvalue weighted by atomic mass is 9.87. The van der Waals surface area contributed by atoms with Crippen LogP contribution in [0.15, 0.2) is 36.4 Å². The molecule has 1 aliphatic rings. The highest BCUT2D eigenvalue weighted by atomic mass is 16.7. The highest BCUT2D eigenvalue weighted by molar-refractivity contribution is 5.83. The van der Waals surface area contributed by atoms with E-state index in [1.807, 2.05) is 16.6 Å². The molecule has 7 heteroatoms. The third kappa shape index (κ3) is 2.35. The first kappa shape index (κ1) is 15.1. The highest BCUT2D eigenvalue weighted by Gasteiger charge is 2.19. The number of fused-ring (bicyclic) bond motifs is 4. The minimum Gasteiger partial charge on any atom is -0.454 e. The summed E-state index contributed by atoms with van der Waals surface area (Å²) in [5.74, 6) is 2.67. The normalized spacial score (nSPS) is 13.7. The van der Waals surface area contributed by atoms with E-state index in [2.05, 4.69) is 65.4 Å². The number of nitrogens with one attached hydrogen (secondary N) is 2. The average Bonchev–Trinajstić information content (AvgIpc) is 3.26. The van der Waals surface area contributed by atoms with E-state index in [-0.39, 0.29) is 12.2 Å². The number of aromatic nitrogens is 4. The summed E-state index contributed by atoms with van der Waals surface area (Å²) in [5, 5.41) is 6.53. The molecule has 0 aliphatic carbocycles. The molecule has 0 bridgehead atoms. The number of imidazole rings is 1. The fourth-order valence-electron chi connectivity index (χ4n) is 3.12. The van der Waals surface area contributed by atoms with Gasteiger partial charge in [-0.15, -0.1) is 0 Å². The van der Waals surface area contributed by atoms with E-state index < -0.39 is 0 Å². The van der Waals surface area contributed by atoms with Gasteiger partial charge in [0.25, 0.3) is 5.78 Å². The molecular weight excluding hydrogens is 330 g/mol. The Morgan fingerprint density at radius 3 is 2.50 bits per heavy atom. The summed E-state index contributed by atoms with van der Waals surface area (Å²) < 4.78 is 12.7. The van der Waals surface area contributed by atoms with Gasteiger partial charge in [-0.1, -0.05) is 32.9 Å². The summed E-state index contributed by atoms with van der Waals surface area (Å²) in [6.07, 6.45) is 0. The number of hydrogen-bond donors (Lipinski definition) is 2. The Labute approximate surface area is 150 Å². The molecule has 3 heterocycles. The van der Waals surface area contributed by atoms with Crippen molar-refractivity contribution >= 4 is 28.4 Å². The van der Waals surface area contributed by atoms with Crippen molar-refractivity contribution in [1.29, 1.82) is 0 Å². The topological polar surface area (TPSA) is 76.5 Å². The van der Waals surface area contributed by atoms with E-state index >= 15 is 0 Å². The first-order valence-corrected chi connectivity index (χ1v) is 8.53. The van der Waals surface area contributed by atoms with E-state index in [1.54, 1.807) is 0 Å². The summed E-state index contributed by atoms with van der Waals surface area (Å²) >= 11 is 0. The fourth-order valence-corrected chi connectivity index (χ4v) is 3.12. The van der Waals surface area contributed by atoms with Crippen LogP contribution in [-0.4, -0.2) is 26.4 Å². The van der Waals surface area contributed by atoms with Gasteiger partial charge in [0, 0.05) is 17.8 Å². The van der Waals surface area contributed by atoms with Crippen LogP contribution in [0.5, 0.6) is 11.5 Å². The van der Waals surface area contributed by atoms with E-state index in [9.17, 15) is 0 Å². The molecule has 132 valence electrons. The van der Waals surface area contributed by atoms with Gasteiger partial charge in [0.15, 0.2) is 11.5 Å². The largest absolute Gasteiger partial charge is 0.454 e. The minimum atomic E-state index is 0.134. The zero-order valence-corrected chi connectivity index (χ0v) is 14.8. The Morgan fingerprint density at radius 2 is 1.77 bits per heavy atom. The van der Waals surface area contributed by atoms with Gasteiger partial charge in [0.2, 0.25) is 12.7 Å². The van der Waals surface area contributed by atoms with E-state index in [0.29, 0.717) is 11.7 Å². The third-order valence-electron chi connectivity index (χ3n) is 4.57. The molecule has 2 N–H and O–H groups in total. The number of ether oxygens (including phenoxy) is 2. The highest BCUT2D eigenvalue weighted by Crippen LogP contribution is 2.36. The van der Waals surface area contributed by atoms with Crippen molar-refractivity contribution in [3.05, 3.63) is 42.0 Å². The summed E-state index contributed by atoms with van der Waals surface area (Å²) in [5.41, 5.74) is 4.10. The van der Waals surface area contributed by atoms with Crippen molar-refractivity contribution in [3.63, 3.8) is 0 Å². The molecule has 1 aliphatic heterocycles. The number of anilines is 2. The van der Waals surface area contributed by atoms with Gasteiger partial charge in [-0.25, -0.2) is 9.50 Å². The quantitative estimate of drug-likeness (QED) is 0.572. The zero-order chi connectivity index (χ0) is 17.9. The molecule has 0 unspecified atom stereocenters. The Bertz CT molecular complexity index is 1120. The Hall–Kier alpha value is -3.22. The van der Waals surface area contributed by atoms with Gasteiger partial charge < -0.3 is 14.8 Å². The molecule has 0 radical (unpaired) electrons. The Morgan fingerprint density at radius 1 is 1.04 bits per heavy atom. The summed E-state index contributed by atoms with van der Waals surface area (Å²) in [6, 6.07) is 12.2. The molecule has 2 aromatic carbocycles. The lowest BCUT2D eigenvalue weighted by Crippen LogP contribution is -2.10. The zero-order valence-electron chi connectivity index (χ0n) is 14.8. The lowest BCUT2D eigenvalue weighted by molar-refractivity contribution is 0.174. The molecule has 0 fully saturated rings. The predicted octanol–water partition coefficient (Wildman–Crippen LogP) is 3.98. The summed E-state index contributed by atoms with van der Waals surface area (Å²) in [7, 11) is 0. The maximum absolute atomic E-state index is 5.45. The monoisotopic (exact) mass is 349 g/mol. The van der Waals surface area contributed by atoms with E-state index in [4.69, 9.17) is 9.47 Å². The first-order chi connectivity index (χ1) is 12.5. The van der Waals surface area contributed by atoms with Gasteiger partial charge in [-0.05, 0) is 23.1 Å². The first-order valence-electron chi connectivity index (χ1n) is 8.53. The summed E-state index contributed by atoms with van der Waals surface area (Å²) in [6.45, 7) is 6.85. The summed E-state index contributed by atoms with van der Waals surface area (Å²) in [4.78, 5) is 9.07. The van der Waals surface area contributed by atoms with Crippen LogP contribution in [0, 0.1) is 0 Å². The van der Waals surface area contributed by atoms with E-state index in [1.165, 1.54) is 5.56 Å². The SMILES string of the molecule is CC(C)(C)c1ccc(Nc2nc3nc4cc5c(cc4n3[nH]2)OCO5)cc1. The molecule has 5 rings (SSSR count). The second-order valence-corrected chi connectivity index (χ2v) is 7.47. The molecule has 26 heavy (non-hydrogen) atoms. The molecular formula is C19H19N5O2. The van der Waals surface area contributed by atoms with Crippen molar-refractivity contribution < 1.29 is 9.47 Å². The Kier molecular flexibility index (Phi) is 2.98. The molecule has 7 nitrogen and oxygen atoms in total. The van der Waals surface area contributed by atoms with Crippen LogP contribution < -0.4 is 14.8 Å². The third-order valence-corrected chi connectivity index (χ3v) is 4.57. The minimum absolute atomic E-state index is 0.134. The van der Waals surface area contributed by atoms with Crippen LogP contribution >= 0.6 is 0 Å². The predicted molar refractivity (Wildman–Crippen MR) is 99.4 cm³/mol. The van der Waals surface area contributed by atoms with Gasteiger partial charge in [0.05, 0.1) is 11.0 Å². The smallest absolute Gasteiger partial charge is 0.253 e. The number of nitrogens with zero attached hydrogens (tertiary/aromatic N) is 3. The molecule has 0 atom stereocenters. The molecule has 0 spiro atoms. The van der Waals surface area contributed by atoms with Crippen molar-refractivity contribution in [2.75, 3.05) is 12.1 Å². The number of aromatic amines is 1. The van der Waals surface area contributed by atoms with Crippen LogP contribution in [-0.2, 0) is 5.41 Å². The van der Waals surface area contributed by atoms with Gasteiger partial charge in [-0.2, -0.15) is 4.98 Å². The molecule has 0 saturated carbocycles. The van der Waals surface area contributed by atoms with Gasteiger partial charge >= 0.3 is 0 Å². The number of H-pyrrole nitrogens is 1. The molecule has 2 aromatic heterocycles. The van der Waals surface area contributed by atoms with Crippen LogP contribution in [0.3, 0.4) is 0 Å². The number of hydrogen-bond acceptors (Lipinski definition) is 5. The lowest BCUT2D eigenvalue weighted by Gasteiger charge is -2.19. The van der Waals surface area contributed by atoms with Gasteiger partial charge in [-0.3, -0.25) is 5.10 Å². The molecule has 0 saturated heterocycles. The van der Waals surface area contributed by atoms with Crippen LogP contribution in [0.25, 0.3) is 16.8 Å². The van der Waals surface area contributed by atoms with Crippen molar-refractivity contribution in [3.8, 4) is 11.5 Å². The van der Waals surface area contributed by atoms with E-state index in [0.717, 1.165) is 28.2 Å². The van der Waals surface area contributed by atoms with Gasteiger partial charge in [0.1, 0.15) is 0 Å². The maximum Gasteiger partial charge on any atom is 0.253 e. The standard InChI is InChI=1S/C19H19N5O2/c1-19(2,3)11-4-6-12(7-5-11)20-17-22-18-21-13-8-15-16(26-10-25-15)9-14(13)24(18)23-17/h4-9H,10H2,1-3H3,(H2,20,21,22,23). The molecule has 4 aromatic rings. The van der Waals surface area contributed by atoms with Crippen LogP contribution in [0.2, 0.25) is 0 Å². The second-order valence-electron chi connectivity index (χ2n) is 7.47. The maximum atomic E-state index is 5.45. The van der Waals surface area contributed by atoms with Crippen molar-refractivity contribution in [1.82, 2.24) is 19.6 Å². The van der Waals surface area contributed by atoms with Crippen LogP contribution in [0.1, 0.15) is 26.3 Å². The number of benzene rings is 2. The second kappa shape index (κ2) is 5.14. The fraction of sp³-hybridized carbons (Fsp3) is 0.263. The molecule has 0 amide bonds. The Balaban J connectivity index is 1.48.